The zero-order chi connectivity index (χ0) is 16.9. The lowest BCUT2D eigenvalue weighted by atomic mass is 10.1. The van der Waals surface area contributed by atoms with Gasteiger partial charge < -0.3 is 15.1 Å². The molecule has 0 radical (unpaired) electrons. The van der Waals surface area contributed by atoms with E-state index in [1.807, 2.05) is 9.80 Å². The highest BCUT2D eigenvalue weighted by Gasteiger charge is 2.25. The average molecular weight is 350 g/mol. The molecule has 2 saturated heterocycles. The lowest BCUT2D eigenvalue weighted by molar-refractivity contribution is -0.131. The van der Waals surface area contributed by atoms with E-state index >= 15 is 0 Å². The Bertz CT molecular complexity index is 602. The lowest BCUT2D eigenvalue weighted by Gasteiger charge is -2.23. The zero-order valence-electron chi connectivity index (χ0n) is 13.8. The van der Waals surface area contributed by atoms with Crippen LogP contribution in [0.25, 0.3) is 0 Å². The molecule has 24 heavy (non-hydrogen) atoms. The molecule has 0 aliphatic carbocycles. The Morgan fingerprint density at radius 1 is 1.12 bits per heavy atom. The van der Waals surface area contributed by atoms with E-state index in [1.165, 1.54) is 0 Å². The highest BCUT2D eigenvalue weighted by atomic mass is 35.5. The molecule has 1 atom stereocenters. The molecule has 0 aromatic heterocycles. The smallest absolute Gasteiger partial charge is 0.253 e. The van der Waals surface area contributed by atoms with Gasteiger partial charge in [-0.3, -0.25) is 9.59 Å². The summed E-state index contributed by atoms with van der Waals surface area (Å²) >= 11 is 5.98. The van der Waals surface area contributed by atoms with E-state index in [1.54, 1.807) is 24.3 Å². The molecule has 3 rings (SSSR count). The van der Waals surface area contributed by atoms with Gasteiger partial charge in [0.05, 0.1) is 0 Å². The number of benzene rings is 1. The van der Waals surface area contributed by atoms with Crippen molar-refractivity contribution in [3.05, 3.63) is 34.9 Å². The van der Waals surface area contributed by atoms with Crippen LogP contribution >= 0.6 is 11.6 Å². The summed E-state index contributed by atoms with van der Waals surface area (Å²) in [4.78, 5) is 28.8. The van der Waals surface area contributed by atoms with Crippen LogP contribution in [0.5, 0.6) is 0 Å². The topological polar surface area (TPSA) is 52.7 Å². The second kappa shape index (κ2) is 7.99. The molecule has 6 heteroatoms. The molecule has 0 bridgehead atoms. The third-order valence-corrected chi connectivity index (χ3v) is 5.03. The molecule has 2 heterocycles. The zero-order valence-corrected chi connectivity index (χ0v) is 14.6. The summed E-state index contributed by atoms with van der Waals surface area (Å²) < 4.78 is 0. The van der Waals surface area contributed by atoms with Crippen molar-refractivity contribution in [1.82, 2.24) is 15.1 Å². The first-order valence-electron chi connectivity index (χ1n) is 8.69. The summed E-state index contributed by atoms with van der Waals surface area (Å²) in [5, 5.41) is 3.94. The molecule has 1 unspecified atom stereocenters. The highest BCUT2D eigenvalue weighted by molar-refractivity contribution is 6.30. The summed E-state index contributed by atoms with van der Waals surface area (Å²) in [5.41, 5.74) is 0.609. The Kier molecular flexibility index (Phi) is 5.74. The number of halogens is 1. The lowest BCUT2D eigenvalue weighted by Crippen LogP contribution is -2.39. The molecule has 2 aliphatic heterocycles. The fraction of sp³-hybridized carbons (Fsp3) is 0.556. The van der Waals surface area contributed by atoms with Crippen LogP contribution in [0.2, 0.25) is 5.02 Å². The predicted molar refractivity (Wildman–Crippen MR) is 94.2 cm³/mol. The molecule has 0 spiro atoms. The molecule has 5 nitrogen and oxygen atoms in total. The van der Waals surface area contributed by atoms with E-state index in [-0.39, 0.29) is 11.8 Å². The number of amides is 2. The normalized spacial score (nSPS) is 21.6. The summed E-state index contributed by atoms with van der Waals surface area (Å²) in [7, 11) is 0. The molecule has 2 fully saturated rings. The third kappa shape index (κ3) is 4.28. The summed E-state index contributed by atoms with van der Waals surface area (Å²) in [6.07, 6.45) is 3.62. The Balaban J connectivity index is 1.56. The van der Waals surface area contributed by atoms with Crippen LogP contribution in [0.3, 0.4) is 0 Å². The monoisotopic (exact) mass is 349 g/mol. The molecule has 1 N–H and O–H groups in total. The average Bonchev–Trinajstić information content (AvgIpc) is 2.95. The van der Waals surface area contributed by atoms with Gasteiger partial charge in [0.15, 0.2) is 0 Å². The van der Waals surface area contributed by atoms with Gasteiger partial charge in [-0.15, -0.1) is 0 Å². The van der Waals surface area contributed by atoms with Gasteiger partial charge in [-0.05, 0) is 44.0 Å². The molecule has 2 amide bonds. The number of hydrogen-bond donors (Lipinski definition) is 1. The number of hydrogen-bond acceptors (Lipinski definition) is 3. The second-order valence-corrected chi connectivity index (χ2v) is 6.97. The highest BCUT2D eigenvalue weighted by Crippen LogP contribution is 2.16. The van der Waals surface area contributed by atoms with Crippen molar-refractivity contribution in [1.29, 1.82) is 0 Å². The third-order valence-electron chi connectivity index (χ3n) is 4.79. The van der Waals surface area contributed by atoms with Crippen molar-refractivity contribution in [3.63, 3.8) is 0 Å². The van der Waals surface area contributed by atoms with Crippen LogP contribution < -0.4 is 5.32 Å². The van der Waals surface area contributed by atoms with Crippen molar-refractivity contribution >= 4 is 23.4 Å². The maximum atomic E-state index is 12.6. The van der Waals surface area contributed by atoms with E-state index in [2.05, 4.69) is 5.32 Å². The van der Waals surface area contributed by atoms with Crippen LogP contribution in [0.1, 0.15) is 36.0 Å². The van der Waals surface area contributed by atoms with Gasteiger partial charge in [0.2, 0.25) is 5.91 Å². The van der Waals surface area contributed by atoms with Crippen molar-refractivity contribution in [3.8, 4) is 0 Å². The Labute approximate surface area is 147 Å². The minimum absolute atomic E-state index is 0.00995. The maximum absolute atomic E-state index is 12.6. The number of carbonyl (C=O) groups is 2. The minimum Gasteiger partial charge on any atom is -0.341 e. The minimum atomic E-state index is -0.00995. The van der Waals surface area contributed by atoms with E-state index in [4.69, 9.17) is 11.6 Å². The predicted octanol–water partition coefficient (Wildman–Crippen LogP) is 2.16. The van der Waals surface area contributed by atoms with Gasteiger partial charge in [0.1, 0.15) is 0 Å². The standard InChI is InChI=1S/C18H24ClN3O2/c19-15-5-1-4-14(12-15)18(24)22-9-3-8-21(10-11-22)17(23)13-16-6-2-7-20-16/h1,4-5,12,16,20H,2-3,6-11,13H2. The second-order valence-electron chi connectivity index (χ2n) is 6.53. The summed E-state index contributed by atoms with van der Waals surface area (Å²) in [6, 6.07) is 7.36. The first-order valence-corrected chi connectivity index (χ1v) is 9.07. The van der Waals surface area contributed by atoms with Crippen LogP contribution in [-0.4, -0.2) is 60.4 Å². The maximum Gasteiger partial charge on any atom is 0.253 e. The summed E-state index contributed by atoms with van der Waals surface area (Å²) in [6.45, 7) is 3.61. The van der Waals surface area contributed by atoms with Gasteiger partial charge in [-0.1, -0.05) is 17.7 Å². The Morgan fingerprint density at radius 2 is 1.92 bits per heavy atom. The molecule has 0 saturated carbocycles. The van der Waals surface area contributed by atoms with Gasteiger partial charge in [0, 0.05) is 49.2 Å². The molecule has 2 aliphatic rings. The Morgan fingerprint density at radius 3 is 2.67 bits per heavy atom. The SMILES string of the molecule is O=C(CC1CCCN1)N1CCCN(C(=O)c2cccc(Cl)c2)CC1. The van der Waals surface area contributed by atoms with Crippen LogP contribution in [0, 0.1) is 0 Å². The van der Waals surface area contributed by atoms with E-state index in [9.17, 15) is 9.59 Å². The molecule has 1 aromatic carbocycles. The number of carbonyl (C=O) groups excluding carboxylic acids is 2. The van der Waals surface area contributed by atoms with E-state index in [0.717, 1.165) is 32.4 Å². The quantitative estimate of drug-likeness (QED) is 0.909. The first kappa shape index (κ1) is 17.2. The fourth-order valence-electron chi connectivity index (χ4n) is 3.44. The largest absolute Gasteiger partial charge is 0.341 e. The molecular formula is C18H24ClN3O2. The van der Waals surface area contributed by atoms with Crippen LogP contribution in [0.15, 0.2) is 24.3 Å². The fourth-order valence-corrected chi connectivity index (χ4v) is 3.64. The molecule has 130 valence electrons. The summed E-state index contributed by atoms with van der Waals surface area (Å²) in [5.74, 6) is 0.190. The van der Waals surface area contributed by atoms with Crippen LogP contribution in [0.4, 0.5) is 0 Å². The van der Waals surface area contributed by atoms with Crippen LogP contribution in [-0.2, 0) is 4.79 Å². The van der Waals surface area contributed by atoms with Gasteiger partial charge in [-0.25, -0.2) is 0 Å². The molecular weight excluding hydrogens is 326 g/mol. The van der Waals surface area contributed by atoms with E-state index in [0.29, 0.717) is 42.7 Å². The van der Waals surface area contributed by atoms with Crippen molar-refractivity contribution < 1.29 is 9.59 Å². The first-order chi connectivity index (χ1) is 11.6. The molecule has 1 aromatic rings. The van der Waals surface area contributed by atoms with Gasteiger partial charge in [-0.2, -0.15) is 0 Å². The van der Waals surface area contributed by atoms with Crippen molar-refractivity contribution in [2.45, 2.75) is 31.7 Å². The van der Waals surface area contributed by atoms with E-state index < -0.39 is 0 Å². The van der Waals surface area contributed by atoms with Gasteiger partial charge in [0.25, 0.3) is 5.91 Å². The number of rotatable bonds is 3. The Hall–Kier alpha value is -1.59. The van der Waals surface area contributed by atoms with Crippen molar-refractivity contribution in [2.24, 2.45) is 0 Å². The van der Waals surface area contributed by atoms with Gasteiger partial charge >= 0.3 is 0 Å². The number of nitrogens with one attached hydrogen (secondary N) is 1. The van der Waals surface area contributed by atoms with Crippen molar-refractivity contribution in [2.75, 3.05) is 32.7 Å². The number of nitrogens with zero attached hydrogens (tertiary/aromatic N) is 2.